The molecule has 0 aromatic heterocycles. The lowest BCUT2D eigenvalue weighted by molar-refractivity contribution is -0.120. The standard InChI is InChI=1S/C16H25NO/c1-3-5-10-14(11-6-4-2)16(18)17-15-12-8-7-9-13-15/h7-9,12-14H,3-6,10-11H2,1-2H3,(H,17,18). The molecule has 0 aliphatic heterocycles. The first-order chi connectivity index (χ1) is 8.77. The molecule has 0 saturated carbocycles. The molecule has 1 amide bonds. The van der Waals surface area contributed by atoms with E-state index in [4.69, 9.17) is 0 Å². The Kier molecular flexibility index (Phi) is 7.16. The molecule has 0 unspecified atom stereocenters. The molecule has 1 rings (SSSR count). The van der Waals surface area contributed by atoms with Crippen LogP contribution in [0, 0.1) is 5.92 Å². The second kappa shape index (κ2) is 8.73. The molecular formula is C16H25NO. The number of carbonyl (C=O) groups excluding carboxylic acids is 1. The maximum Gasteiger partial charge on any atom is 0.227 e. The van der Waals surface area contributed by atoms with Crippen LogP contribution in [0.3, 0.4) is 0 Å². The number of unbranched alkanes of at least 4 members (excludes halogenated alkanes) is 2. The quantitative estimate of drug-likeness (QED) is 0.713. The Labute approximate surface area is 111 Å². The predicted octanol–water partition coefficient (Wildman–Crippen LogP) is 4.62. The molecule has 0 fully saturated rings. The van der Waals surface area contributed by atoms with Crippen LogP contribution in [0.5, 0.6) is 0 Å². The van der Waals surface area contributed by atoms with Gasteiger partial charge < -0.3 is 5.32 Å². The third-order valence-corrected chi connectivity index (χ3v) is 3.22. The van der Waals surface area contributed by atoms with Gasteiger partial charge in [0.05, 0.1) is 0 Å². The molecule has 100 valence electrons. The summed E-state index contributed by atoms with van der Waals surface area (Å²) in [6.07, 6.45) is 6.60. The lowest BCUT2D eigenvalue weighted by Crippen LogP contribution is -2.22. The summed E-state index contributed by atoms with van der Waals surface area (Å²) in [7, 11) is 0. The van der Waals surface area contributed by atoms with E-state index in [9.17, 15) is 4.79 Å². The summed E-state index contributed by atoms with van der Waals surface area (Å²) in [6.45, 7) is 4.35. The van der Waals surface area contributed by atoms with Crippen molar-refractivity contribution in [2.45, 2.75) is 52.4 Å². The lowest BCUT2D eigenvalue weighted by Gasteiger charge is -2.16. The van der Waals surface area contributed by atoms with E-state index in [1.54, 1.807) is 0 Å². The number of nitrogens with one attached hydrogen (secondary N) is 1. The van der Waals surface area contributed by atoms with E-state index in [1.807, 2.05) is 30.3 Å². The average molecular weight is 247 g/mol. The minimum atomic E-state index is 0.171. The van der Waals surface area contributed by atoms with Gasteiger partial charge in [-0.05, 0) is 25.0 Å². The van der Waals surface area contributed by atoms with Crippen LogP contribution in [0.4, 0.5) is 5.69 Å². The van der Waals surface area contributed by atoms with Gasteiger partial charge in [0.25, 0.3) is 0 Å². The summed E-state index contributed by atoms with van der Waals surface area (Å²) >= 11 is 0. The van der Waals surface area contributed by atoms with E-state index in [2.05, 4.69) is 19.2 Å². The fourth-order valence-electron chi connectivity index (χ4n) is 2.07. The highest BCUT2D eigenvalue weighted by molar-refractivity contribution is 5.92. The zero-order valence-electron chi connectivity index (χ0n) is 11.6. The van der Waals surface area contributed by atoms with E-state index in [-0.39, 0.29) is 11.8 Å². The van der Waals surface area contributed by atoms with Gasteiger partial charge in [-0.2, -0.15) is 0 Å². The molecular weight excluding hydrogens is 222 g/mol. The first kappa shape index (κ1) is 14.7. The topological polar surface area (TPSA) is 29.1 Å². The largest absolute Gasteiger partial charge is 0.326 e. The summed E-state index contributed by atoms with van der Waals surface area (Å²) in [5, 5.41) is 3.02. The van der Waals surface area contributed by atoms with Crippen LogP contribution < -0.4 is 5.32 Å². The molecule has 1 aromatic carbocycles. The van der Waals surface area contributed by atoms with Crippen LogP contribution in [0.15, 0.2) is 30.3 Å². The van der Waals surface area contributed by atoms with Crippen LogP contribution >= 0.6 is 0 Å². The van der Waals surface area contributed by atoms with Gasteiger partial charge in [0, 0.05) is 11.6 Å². The molecule has 0 radical (unpaired) electrons. The first-order valence-corrected chi connectivity index (χ1v) is 7.13. The number of carbonyl (C=O) groups is 1. The summed E-state index contributed by atoms with van der Waals surface area (Å²) in [4.78, 5) is 12.2. The van der Waals surface area contributed by atoms with Crippen LogP contribution in [0.25, 0.3) is 0 Å². The number of anilines is 1. The Morgan fingerprint density at radius 3 is 2.11 bits per heavy atom. The van der Waals surface area contributed by atoms with Crippen molar-refractivity contribution in [2.24, 2.45) is 5.92 Å². The highest BCUT2D eigenvalue weighted by Gasteiger charge is 2.17. The lowest BCUT2D eigenvalue weighted by atomic mass is 9.95. The second-order valence-electron chi connectivity index (χ2n) is 4.84. The molecule has 0 heterocycles. The van der Waals surface area contributed by atoms with Crippen molar-refractivity contribution >= 4 is 11.6 Å². The average Bonchev–Trinajstić information content (AvgIpc) is 2.40. The highest BCUT2D eigenvalue weighted by atomic mass is 16.1. The molecule has 0 aliphatic rings. The van der Waals surface area contributed by atoms with E-state index < -0.39 is 0 Å². The molecule has 0 bridgehead atoms. The Morgan fingerprint density at radius 2 is 1.61 bits per heavy atom. The van der Waals surface area contributed by atoms with Gasteiger partial charge in [-0.3, -0.25) is 4.79 Å². The molecule has 0 spiro atoms. The zero-order valence-corrected chi connectivity index (χ0v) is 11.6. The van der Waals surface area contributed by atoms with Gasteiger partial charge in [0.15, 0.2) is 0 Å². The SMILES string of the molecule is CCCCC(CCCC)C(=O)Nc1ccccc1. The molecule has 18 heavy (non-hydrogen) atoms. The van der Waals surface area contributed by atoms with Gasteiger partial charge in [-0.15, -0.1) is 0 Å². The highest BCUT2D eigenvalue weighted by Crippen LogP contribution is 2.18. The first-order valence-electron chi connectivity index (χ1n) is 7.13. The van der Waals surface area contributed by atoms with Crippen molar-refractivity contribution in [3.05, 3.63) is 30.3 Å². The number of hydrogen-bond acceptors (Lipinski definition) is 1. The minimum absolute atomic E-state index is 0.171. The van der Waals surface area contributed by atoms with E-state index in [0.29, 0.717) is 0 Å². The Balaban J connectivity index is 2.52. The third-order valence-electron chi connectivity index (χ3n) is 3.22. The fraction of sp³-hybridized carbons (Fsp3) is 0.562. The third kappa shape index (κ3) is 5.35. The number of amides is 1. The second-order valence-corrected chi connectivity index (χ2v) is 4.84. The Bertz CT molecular complexity index is 326. The number of rotatable bonds is 8. The fourth-order valence-corrected chi connectivity index (χ4v) is 2.07. The predicted molar refractivity (Wildman–Crippen MR) is 77.6 cm³/mol. The van der Waals surface area contributed by atoms with Gasteiger partial charge in [0.1, 0.15) is 0 Å². The Hall–Kier alpha value is -1.31. The van der Waals surface area contributed by atoms with E-state index >= 15 is 0 Å². The smallest absolute Gasteiger partial charge is 0.227 e. The molecule has 0 saturated heterocycles. The zero-order chi connectivity index (χ0) is 13.2. The van der Waals surface area contributed by atoms with Crippen LogP contribution in [0.2, 0.25) is 0 Å². The normalized spacial score (nSPS) is 10.6. The van der Waals surface area contributed by atoms with Crippen LogP contribution in [-0.4, -0.2) is 5.91 Å². The van der Waals surface area contributed by atoms with Gasteiger partial charge in [-0.1, -0.05) is 57.7 Å². The maximum atomic E-state index is 12.2. The number of hydrogen-bond donors (Lipinski definition) is 1. The van der Waals surface area contributed by atoms with E-state index in [0.717, 1.165) is 44.2 Å². The van der Waals surface area contributed by atoms with Crippen molar-refractivity contribution in [3.63, 3.8) is 0 Å². The molecule has 1 N–H and O–H groups in total. The van der Waals surface area contributed by atoms with Crippen molar-refractivity contribution in [3.8, 4) is 0 Å². The minimum Gasteiger partial charge on any atom is -0.326 e. The number of para-hydroxylation sites is 1. The van der Waals surface area contributed by atoms with Gasteiger partial charge in [0.2, 0.25) is 5.91 Å². The summed E-state index contributed by atoms with van der Waals surface area (Å²) in [6, 6.07) is 9.73. The van der Waals surface area contributed by atoms with Gasteiger partial charge >= 0.3 is 0 Å². The molecule has 2 nitrogen and oxygen atoms in total. The maximum absolute atomic E-state index is 12.2. The van der Waals surface area contributed by atoms with Crippen molar-refractivity contribution in [1.82, 2.24) is 0 Å². The number of benzene rings is 1. The summed E-state index contributed by atoms with van der Waals surface area (Å²) in [5.74, 6) is 0.355. The molecule has 0 aliphatic carbocycles. The summed E-state index contributed by atoms with van der Waals surface area (Å²) in [5.41, 5.74) is 0.903. The molecule has 0 atom stereocenters. The summed E-state index contributed by atoms with van der Waals surface area (Å²) < 4.78 is 0. The molecule has 1 aromatic rings. The monoisotopic (exact) mass is 247 g/mol. The Morgan fingerprint density at radius 1 is 1.06 bits per heavy atom. The van der Waals surface area contributed by atoms with Crippen molar-refractivity contribution in [1.29, 1.82) is 0 Å². The van der Waals surface area contributed by atoms with Gasteiger partial charge in [-0.25, -0.2) is 0 Å². The van der Waals surface area contributed by atoms with Crippen molar-refractivity contribution < 1.29 is 4.79 Å². The van der Waals surface area contributed by atoms with Crippen molar-refractivity contribution in [2.75, 3.05) is 5.32 Å². The van der Waals surface area contributed by atoms with E-state index in [1.165, 1.54) is 0 Å². The van der Waals surface area contributed by atoms with Crippen LogP contribution in [-0.2, 0) is 4.79 Å². The van der Waals surface area contributed by atoms with Crippen LogP contribution in [0.1, 0.15) is 52.4 Å². The molecule has 2 heteroatoms.